The Morgan fingerprint density at radius 2 is 2.24 bits per heavy atom. The van der Waals surface area contributed by atoms with Crippen LogP contribution in [0.15, 0.2) is 28.0 Å². The summed E-state index contributed by atoms with van der Waals surface area (Å²) in [4.78, 5) is 6.06. The minimum Gasteiger partial charge on any atom is -0.395 e. The second kappa shape index (κ2) is 6.30. The predicted molar refractivity (Wildman–Crippen MR) is 81.0 cm³/mol. The maximum atomic E-state index is 14.0. The van der Waals surface area contributed by atoms with Crippen LogP contribution in [0.1, 0.15) is 5.69 Å². The van der Waals surface area contributed by atoms with Gasteiger partial charge in [0.15, 0.2) is 5.82 Å². The first-order valence-corrected chi connectivity index (χ1v) is 8.38. The van der Waals surface area contributed by atoms with Crippen LogP contribution in [0.5, 0.6) is 0 Å². The van der Waals surface area contributed by atoms with Crippen molar-refractivity contribution in [3.63, 3.8) is 0 Å². The third kappa shape index (κ3) is 3.54. The van der Waals surface area contributed by atoms with Gasteiger partial charge >= 0.3 is 0 Å². The molecule has 2 aromatic rings. The van der Waals surface area contributed by atoms with Crippen molar-refractivity contribution in [3.8, 4) is 0 Å². The number of benzene rings is 1. The fourth-order valence-corrected chi connectivity index (χ4v) is 3.32. The van der Waals surface area contributed by atoms with E-state index in [0.29, 0.717) is 6.42 Å². The number of aromatic nitrogens is 2. The molecule has 1 aromatic carbocycles. The number of hydrogen-bond donors (Lipinski definition) is 3. The molecule has 0 aliphatic heterocycles. The van der Waals surface area contributed by atoms with Crippen LogP contribution in [-0.4, -0.2) is 24.9 Å². The van der Waals surface area contributed by atoms with Crippen molar-refractivity contribution >= 4 is 43.2 Å². The summed E-state index contributed by atoms with van der Waals surface area (Å²) in [6, 6.07) is 1.01. The molecule has 6 nitrogen and oxygen atoms in total. The molecule has 4 N–H and O–H groups in total. The summed E-state index contributed by atoms with van der Waals surface area (Å²) in [6.45, 7) is 0.0809. The van der Waals surface area contributed by atoms with E-state index >= 15 is 0 Å². The van der Waals surface area contributed by atoms with E-state index < -0.39 is 20.7 Å². The fourth-order valence-electron chi connectivity index (χ4n) is 1.61. The van der Waals surface area contributed by atoms with Crippen molar-refractivity contribution in [1.82, 2.24) is 14.7 Å². The summed E-state index contributed by atoms with van der Waals surface area (Å²) < 4.78 is 40.6. The van der Waals surface area contributed by atoms with Gasteiger partial charge in [-0.05, 0) is 22.0 Å². The van der Waals surface area contributed by atoms with Crippen LogP contribution in [0.3, 0.4) is 0 Å². The molecule has 0 unspecified atom stereocenters. The zero-order chi connectivity index (χ0) is 15.6. The Morgan fingerprint density at radius 1 is 1.52 bits per heavy atom. The number of nitrogens with two attached hydrogens (primary N) is 1. The molecule has 10 heteroatoms. The lowest BCUT2D eigenvalue weighted by molar-refractivity contribution is 0.558. The van der Waals surface area contributed by atoms with E-state index in [1.807, 2.05) is 0 Å². The van der Waals surface area contributed by atoms with Crippen molar-refractivity contribution in [1.29, 1.82) is 0 Å². The third-order valence-electron chi connectivity index (χ3n) is 2.69. The smallest absolute Gasteiger partial charge is 0.243 e. The van der Waals surface area contributed by atoms with Gasteiger partial charge in [0.2, 0.25) is 10.0 Å². The van der Waals surface area contributed by atoms with Crippen molar-refractivity contribution in [3.05, 3.63) is 39.6 Å². The number of anilines is 1. The van der Waals surface area contributed by atoms with Crippen molar-refractivity contribution in [2.75, 3.05) is 12.3 Å². The largest absolute Gasteiger partial charge is 0.395 e. The number of aromatic amines is 1. The van der Waals surface area contributed by atoms with Gasteiger partial charge in [-0.2, -0.15) is 0 Å². The Kier molecular flexibility index (Phi) is 4.87. The molecule has 0 spiro atoms. The molecule has 2 rings (SSSR count). The first kappa shape index (κ1) is 16.2. The van der Waals surface area contributed by atoms with E-state index in [1.54, 1.807) is 6.20 Å². The molecular formula is C11H11BrClFN4O2S. The fraction of sp³-hybridized carbons (Fsp3) is 0.182. The van der Waals surface area contributed by atoms with Crippen LogP contribution in [0.2, 0.25) is 5.02 Å². The molecular weight excluding hydrogens is 387 g/mol. The highest BCUT2D eigenvalue weighted by molar-refractivity contribution is 9.10. The predicted octanol–water partition coefficient (Wildman–Crippen LogP) is 2.07. The van der Waals surface area contributed by atoms with Gasteiger partial charge in [-0.25, -0.2) is 22.5 Å². The van der Waals surface area contributed by atoms with Gasteiger partial charge in [-0.3, -0.25) is 0 Å². The summed E-state index contributed by atoms with van der Waals surface area (Å²) >= 11 is 8.80. The minimum absolute atomic E-state index is 0.0165. The standard InChI is InChI=1S/C11H11BrClFN4O2S/c12-9-7(13)3-8(10(14)11(9)15)21(19,20)18-2-1-6-4-16-5-17-6/h3-5,18H,1-2,15H2,(H,16,17). The van der Waals surface area contributed by atoms with Gasteiger partial charge in [-0.1, -0.05) is 11.6 Å². The topological polar surface area (TPSA) is 101 Å². The lowest BCUT2D eigenvalue weighted by atomic mass is 10.3. The number of nitrogens with one attached hydrogen (secondary N) is 2. The summed E-state index contributed by atoms with van der Waals surface area (Å²) in [5.41, 5.74) is 5.88. The van der Waals surface area contributed by atoms with Crippen molar-refractivity contribution < 1.29 is 12.8 Å². The average molecular weight is 398 g/mol. The molecule has 0 atom stereocenters. The van der Waals surface area contributed by atoms with E-state index in [0.717, 1.165) is 11.8 Å². The minimum atomic E-state index is -4.05. The highest BCUT2D eigenvalue weighted by atomic mass is 79.9. The Balaban J connectivity index is 2.20. The maximum absolute atomic E-state index is 14.0. The van der Waals surface area contributed by atoms with Crippen molar-refractivity contribution in [2.24, 2.45) is 0 Å². The van der Waals surface area contributed by atoms with Gasteiger partial charge in [0.1, 0.15) is 4.90 Å². The van der Waals surface area contributed by atoms with Crippen LogP contribution in [-0.2, 0) is 16.4 Å². The van der Waals surface area contributed by atoms with E-state index in [2.05, 4.69) is 30.6 Å². The molecule has 0 saturated carbocycles. The Morgan fingerprint density at radius 3 is 2.86 bits per heavy atom. The van der Waals surface area contributed by atoms with Crippen LogP contribution >= 0.6 is 27.5 Å². The molecule has 0 aliphatic carbocycles. The number of H-pyrrole nitrogens is 1. The van der Waals surface area contributed by atoms with Crippen molar-refractivity contribution in [2.45, 2.75) is 11.3 Å². The number of rotatable bonds is 5. The Bertz CT molecular complexity index is 752. The Hall–Kier alpha value is -1.16. The van der Waals surface area contributed by atoms with Gasteiger partial charge in [0.25, 0.3) is 0 Å². The van der Waals surface area contributed by atoms with Crippen LogP contribution in [0, 0.1) is 5.82 Å². The number of nitrogen functional groups attached to an aromatic ring is 1. The van der Waals surface area contributed by atoms with Crippen LogP contribution in [0.25, 0.3) is 0 Å². The second-order valence-electron chi connectivity index (χ2n) is 4.12. The number of sulfonamides is 1. The summed E-state index contributed by atoms with van der Waals surface area (Å²) in [5.74, 6) is -1.04. The number of nitrogens with zero attached hydrogens (tertiary/aromatic N) is 1. The van der Waals surface area contributed by atoms with E-state index in [-0.39, 0.29) is 21.7 Å². The number of halogens is 3. The van der Waals surface area contributed by atoms with E-state index in [4.69, 9.17) is 17.3 Å². The molecule has 0 aliphatic rings. The molecule has 0 fully saturated rings. The molecule has 0 saturated heterocycles. The zero-order valence-electron chi connectivity index (χ0n) is 10.5. The zero-order valence-corrected chi connectivity index (χ0v) is 13.7. The average Bonchev–Trinajstić information content (AvgIpc) is 2.93. The van der Waals surface area contributed by atoms with Gasteiger partial charge in [0, 0.05) is 24.9 Å². The van der Waals surface area contributed by atoms with Gasteiger partial charge < -0.3 is 10.7 Å². The molecule has 0 radical (unpaired) electrons. The summed E-state index contributed by atoms with van der Waals surface area (Å²) in [6.07, 6.45) is 3.45. The lowest BCUT2D eigenvalue weighted by Gasteiger charge is -2.11. The van der Waals surface area contributed by atoms with Gasteiger partial charge in [-0.15, -0.1) is 0 Å². The third-order valence-corrected chi connectivity index (χ3v) is 5.53. The first-order chi connectivity index (χ1) is 9.83. The molecule has 0 bridgehead atoms. The van der Waals surface area contributed by atoms with Crippen LogP contribution in [0.4, 0.5) is 10.1 Å². The molecule has 21 heavy (non-hydrogen) atoms. The maximum Gasteiger partial charge on any atom is 0.243 e. The number of hydrogen-bond acceptors (Lipinski definition) is 4. The lowest BCUT2D eigenvalue weighted by Crippen LogP contribution is -2.27. The monoisotopic (exact) mass is 396 g/mol. The van der Waals surface area contributed by atoms with Crippen LogP contribution < -0.4 is 10.5 Å². The van der Waals surface area contributed by atoms with E-state index in [9.17, 15) is 12.8 Å². The van der Waals surface area contributed by atoms with Gasteiger partial charge in [0.05, 0.1) is 21.5 Å². The first-order valence-electron chi connectivity index (χ1n) is 5.73. The normalized spacial score (nSPS) is 11.8. The summed E-state index contributed by atoms with van der Waals surface area (Å²) in [5, 5.41) is 0.0165. The molecule has 1 aromatic heterocycles. The quantitative estimate of drug-likeness (QED) is 0.531. The highest BCUT2D eigenvalue weighted by Crippen LogP contribution is 2.34. The van der Waals surface area contributed by atoms with E-state index in [1.165, 1.54) is 6.33 Å². The SMILES string of the molecule is Nc1c(F)c(S(=O)(=O)NCCc2cnc[nH]2)cc(Cl)c1Br. The molecule has 0 amide bonds. The molecule has 1 heterocycles. The second-order valence-corrected chi connectivity index (χ2v) is 7.06. The number of imidazole rings is 1. The molecule has 114 valence electrons. The summed E-state index contributed by atoms with van der Waals surface area (Å²) in [7, 11) is -4.05. The highest BCUT2D eigenvalue weighted by Gasteiger charge is 2.23. The Labute approximate surface area is 134 Å².